The number of hydrogen-bond acceptors (Lipinski definition) is 3. The van der Waals surface area contributed by atoms with Gasteiger partial charge in [0.2, 0.25) is 10.0 Å². The van der Waals surface area contributed by atoms with Gasteiger partial charge in [-0.15, -0.1) is 0 Å². The zero-order chi connectivity index (χ0) is 15.5. The Hall–Kier alpha value is -0.910. The van der Waals surface area contributed by atoms with E-state index in [1.54, 1.807) is 18.2 Å². The summed E-state index contributed by atoms with van der Waals surface area (Å²) in [4.78, 5) is 0.355. The summed E-state index contributed by atoms with van der Waals surface area (Å²) >= 11 is 0. The molecule has 118 valence electrons. The van der Waals surface area contributed by atoms with Crippen LogP contribution in [0.4, 0.5) is 0 Å². The van der Waals surface area contributed by atoms with Crippen molar-refractivity contribution in [3.8, 4) is 0 Å². The first-order valence-corrected chi connectivity index (χ1v) is 9.17. The van der Waals surface area contributed by atoms with E-state index in [-0.39, 0.29) is 6.04 Å². The van der Waals surface area contributed by atoms with E-state index in [2.05, 4.69) is 17.0 Å². The second-order valence-corrected chi connectivity index (χ2v) is 7.99. The Labute approximate surface area is 128 Å². The third kappa shape index (κ3) is 4.28. The molecule has 3 unspecified atom stereocenters. The number of nitrogens with one attached hydrogen (secondary N) is 2. The van der Waals surface area contributed by atoms with Gasteiger partial charge in [0, 0.05) is 12.6 Å². The molecule has 5 heteroatoms. The maximum atomic E-state index is 12.4. The molecule has 0 amide bonds. The van der Waals surface area contributed by atoms with Crippen molar-refractivity contribution in [3.63, 3.8) is 0 Å². The molecule has 1 fully saturated rings. The van der Waals surface area contributed by atoms with Crippen LogP contribution in [-0.2, 0) is 10.0 Å². The van der Waals surface area contributed by atoms with E-state index in [0.717, 1.165) is 24.3 Å². The minimum Gasteiger partial charge on any atom is -0.313 e. The highest BCUT2D eigenvalue weighted by atomic mass is 32.2. The smallest absolute Gasteiger partial charge is 0.240 e. The second kappa shape index (κ2) is 6.90. The van der Waals surface area contributed by atoms with Gasteiger partial charge in [0.1, 0.15) is 0 Å². The molecular weight excluding hydrogens is 284 g/mol. The highest BCUT2D eigenvalue weighted by Crippen LogP contribution is 2.30. The molecule has 1 aliphatic rings. The van der Waals surface area contributed by atoms with E-state index >= 15 is 0 Å². The predicted molar refractivity (Wildman–Crippen MR) is 85.6 cm³/mol. The molecule has 0 aromatic heterocycles. The fourth-order valence-electron chi connectivity index (χ4n) is 2.94. The van der Waals surface area contributed by atoms with Gasteiger partial charge in [-0.05, 0) is 56.3 Å². The normalized spacial score (nSPS) is 24.1. The average Bonchev–Trinajstić information content (AvgIpc) is 2.90. The van der Waals surface area contributed by atoms with Crippen molar-refractivity contribution in [1.29, 1.82) is 0 Å². The van der Waals surface area contributed by atoms with Crippen molar-refractivity contribution >= 4 is 10.0 Å². The van der Waals surface area contributed by atoms with Gasteiger partial charge in [-0.3, -0.25) is 0 Å². The quantitative estimate of drug-likeness (QED) is 0.849. The summed E-state index contributed by atoms with van der Waals surface area (Å²) in [5.41, 5.74) is 0.981. The highest BCUT2D eigenvalue weighted by molar-refractivity contribution is 7.89. The molecule has 1 aliphatic carbocycles. The molecule has 1 saturated carbocycles. The summed E-state index contributed by atoms with van der Waals surface area (Å²) in [6.45, 7) is 4.80. The molecule has 1 aromatic rings. The molecule has 21 heavy (non-hydrogen) atoms. The summed E-state index contributed by atoms with van der Waals surface area (Å²) in [6.07, 6.45) is 3.46. The van der Waals surface area contributed by atoms with Crippen LogP contribution in [0.25, 0.3) is 0 Å². The molecule has 3 atom stereocenters. The van der Waals surface area contributed by atoms with Gasteiger partial charge < -0.3 is 5.32 Å². The maximum Gasteiger partial charge on any atom is 0.240 e. The van der Waals surface area contributed by atoms with Gasteiger partial charge in [-0.2, -0.15) is 0 Å². The van der Waals surface area contributed by atoms with E-state index < -0.39 is 10.0 Å². The minimum atomic E-state index is -3.41. The Morgan fingerprint density at radius 3 is 2.71 bits per heavy atom. The summed E-state index contributed by atoms with van der Waals surface area (Å²) < 4.78 is 27.6. The van der Waals surface area contributed by atoms with E-state index in [0.29, 0.717) is 17.4 Å². The Balaban J connectivity index is 2.05. The fraction of sp³-hybridized carbons (Fsp3) is 0.625. The van der Waals surface area contributed by atoms with Crippen molar-refractivity contribution in [1.82, 2.24) is 10.0 Å². The van der Waals surface area contributed by atoms with Gasteiger partial charge in [-0.25, -0.2) is 13.1 Å². The SMILES string of the molecule is CNC(C)c1cccc(S(=O)(=O)NCC2CCC(C)C2)c1. The molecule has 0 heterocycles. The molecule has 0 spiro atoms. The van der Waals surface area contributed by atoms with Crippen molar-refractivity contribution in [2.75, 3.05) is 13.6 Å². The molecule has 0 saturated heterocycles. The Bertz CT molecular complexity index is 571. The molecular formula is C16H26N2O2S. The summed E-state index contributed by atoms with van der Waals surface area (Å²) in [5.74, 6) is 1.20. The summed E-state index contributed by atoms with van der Waals surface area (Å²) in [6, 6.07) is 7.29. The number of benzene rings is 1. The van der Waals surface area contributed by atoms with Gasteiger partial charge in [0.15, 0.2) is 0 Å². The van der Waals surface area contributed by atoms with Crippen LogP contribution in [0.1, 0.15) is 44.7 Å². The molecule has 0 bridgehead atoms. The standard InChI is InChI=1S/C16H26N2O2S/c1-12-7-8-14(9-12)11-18-21(19,20)16-6-4-5-15(10-16)13(2)17-3/h4-6,10,12-14,17-18H,7-9,11H2,1-3H3. The largest absolute Gasteiger partial charge is 0.313 e. The van der Waals surface area contributed by atoms with Crippen molar-refractivity contribution in [3.05, 3.63) is 29.8 Å². The first-order valence-electron chi connectivity index (χ1n) is 7.69. The molecule has 2 N–H and O–H groups in total. The Kier molecular flexibility index (Phi) is 5.41. The predicted octanol–water partition coefficient (Wildman–Crippen LogP) is 2.68. The first kappa shape index (κ1) is 16.5. The lowest BCUT2D eigenvalue weighted by atomic mass is 10.1. The number of rotatable bonds is 6. The van der Waals surface area contributed by atoms with Crippen LogP contribution in [0.15, 0.2) is 29.2 Å². The number of hydrogen-bond donors (Lipinski definition) is 2. The highest BCUT2D eigenvalue weighted by Gasteiger charge is 2.23. The van der Waals surface area contributed by atoms with Crippen molar-refractivity contribution < 1.29 is 8.42 Å². The van der Waals surface area contributed by atoms with Crippen molar-refractivity contribution in [2.24, 2.45) is 11.8 Å². The lowest BCUT2D eigenvalue weighted by Gasteiger charge is -2.14. The zero-order valence-electron chi connectivity index (χ0n) is 13.1. The zero-order valence-corrected chi connectivity index (χ0v) is 13.9. The lowest BCUT2D eigenvalue weighted by molar-refractivity contribution is 0.498. The van der Waals surface area contributed by atoms with Crippen molar-refractivity contribution in [2.45, 2.75) is 44.0 Å². The Morgan fingerprint density at radius 1 is 1.33 bits per heavy atom. The van der Waals surface area contributed by atoms with Crippen LogP contribution < -0.4 is 10.0 Å². The Morgan fingerprint density at radius 2 is 2.10 bits per heavy atom. The molecule has 4 nitrogen and oxygen atoms in total. The molecule has 0 aliphatic heterocycles. The van der Waals surface area contributed by atoms with E-state index in [1.807, 2.05) is 20.0 Å². The first-order chi connectivity index (χ1) is 9.92. The van der Waals surface area contributed by atoms with Crippen LogP contribution >= 0.6 is 0 Å². The van der Waals surface area contributed by atoms with Crippen LogP contribution in [0, 0.1) is 11.8 Å². The van der Waals surface area contributed by atoms with Crippen LogP contribution in [-0.4, -0.2) is 22.0 Å². The molecule has 2 rings (SSSR count). The van der Waals surface area contributed by atoms with Gasteiger partial charge >= 0.3 is 0 Å². The lowest BCUT2D eigenvalue weighted by Crippen LogP contribution is -2.28. The average molecular weight is 310 g/mol. The van der Waals surface area contributed by atoms with Crippen LogP contribution in [0.3, 0.4) is 0 Å². The monoisotopic (exact) mass is 310 g/mol. The van der Waals surface area contributed by atoms with E-state index in [1.165, 1.54) is 6.42 Å². The van der Waals surface area contributed by atoms with E-state index in [4.69, 9.17) is 0 Å². The van der Waals surface area contributed by atoms with Gasteiger partial charge in [0.05, 0.1) is 4.90 Å². The third-order valence-corrected chi connectivity index (χ3v) is 5.89. The fourth-order valence-corrected chi connectivity index (χ4v) is 4.11. The van der Waals surface area contributed by atoms with Crippen LogP contribution in [0.5, 0.6) is 0 Å². The summed E-state index contributed by atoms with van der Waals surface area (Å²) in [7, 11) is -1.54. The van der Waals surface area contributed by atoms with Crippen LogP contribution in [0.2, 0.25) is 0 Å². The third-order valence-electron chi connectivity index (χ3n) is 4.47. The summed E-state index contributed by atoms with van der Waals surface area (Å²) in [5, 5.41) is 3.13. The van der Waals surface area contributed by atoms with E-state index in [9.17, 15) is 8.42 Å². The molecule has 1 aromatic carbocycles. The topological polar surface area (TPSA) is 58.2 Å². The maximum absolute atomic E-state index is 12.4. The second-order valence-electron chi connectivity index (χ2n) is 6.22. The number of sulfonamides is 1. The van der Waals surface area contributed by atoms with Gasteiger partial charge in [-0.1, -0.05) is 25.5 Å². The van der Waals surface area contributed by atoms with Gasteiger partial charge in [0.25, 0.3) is 0 Å². The molecule has 0 radical (unpaired) electrons. The minimum absolute atomic E-state index is 0.135.